The van der Waals surface area contributed by atoms with Gasteiger partial charge in [-0.15, -0.1) is 0 Å². The highest BCUT2D eigenvalue weighted by molar-refractivity contribution is 9.10. The Hall–Kier alpha value is -2.15. The van der Waals surface area contributed by atoms with Crippen molar-refractivity contribution in [3.63, 3.8) is 0 Å². The number of hydrogen-bond donors (Lipinski definition) is 2. The molecule has 0 radical (unpaired) electrons. The van der Waals surface area contributed by atoms with E-state index in [1.165, 1.54) is 6.20 Å². The summed E-state index contributed by atoms with van der Waals surface area (Å²) in [6.45, 7) is 0.637. The summed E-state index contributed by atoms with van der Waals surface area (Å²) >= 11 is 3.40. The largest absolute Gasteiger partial charge is 0.409 e. The maximum absolute atomic E-state index is 8.79. The van der Waals surface area contributed by atoms with Gasteiger partial charge in [0.2, 0.25) is 0 Å². The predicted octanol–water partition coefficient (Wildman–Crippen LogP) is 1.97. The van der Waals surface area contributed by atoms with E-state index < -0.39 is 0 Å². The topological polar surface area (TPSA) is 87.6 Å². The lowest BCUT2D eigenvalue weighted by atomic mass is 10.2. The van der Waals surface area contributed by atoms with Gasteiger partial charge in [-0.2, -0.15) is 0 Å². The minimum absolute atomic E-state index is 0.0595. The summed E-state index contributed by atoms with van der Waals surface area (Å²) in [7, 11) is 1.88. The highest BCUT2D eigenvalue weighted by Crippen LogP contribution is 2.17. The zero-order valence-electron chi connectivity index (χ0n) is 10.9. The van der Waals surface area contributed by atoms with Crippen molar-refractivity contribution in [2.75, 3.05) is 11.9 Å². The minimum atomic E-state index is -0.0595. The van der Waals surface area contributed by atoms with Crippen LogP contribution in [0.4, 0.5) is 5.82 Å². The molecule has 1 heterocycles. The molecule has 0 aliphatic carbocycles. The molecule has 2 rings (SSSR count). The summed E-state index contributed by atoms with van der Waals surface area (Å²) < 4.78 is 1.03. The van der Waals surface area contributed by atoms with Crippen LogP contribution in [0.2, 0.25) is 0 Å². The van der Waals surface area contributed by atoms with E-state index in [1.54, 1.807) is 6.20 Å². The second-order valence-electron chi connectivity index (χ2n) is 4.20. The second-order valence-corrected chi connectivity index (χ2v) is 5.11. The molecule has 0 saturated heterocycles. The summed E-state index contributed by atoms with van der Waals surface area (Å²) in [6.07, 6.45) is 3.08. The maximum Gasteiger partial charge on any atom is 0.192 e. The Bertz CT molecular complexity index is 614. The van der Waals surface area contributed by atoms with Gasteiger partial charge in [-0.3, -0.25) is 0 Å². The lowest BCUT2D eigenvalue weighted by Gasteiger charge is -2.20. The quantitative estimate of drug-likeness (QED) is 0.386. The average Bonchev–Trinajstić information content (AvgIpc) is 2.48. The molecule has 0 fully saturated rings. The van der Waals surface area contributed by atoms with Gasteiger partial charge in [0, 0.05) is 30.5 Å². The number of anilines is 1. The third kappa shape index (κ3) is 3.24. The summed E-state index contributed by atoms with van der Waals surface area (Å²) in [5.41, 5.74) is 7.08. The van der Waals surface area contributed by atoms with E-state index in [0.29, 0.717) is 18.1 Å². The van der Waals surface area contributed by atoms with Crippen molar-refractivity contribution in [1.82, 2.24) is 9.97 Å². The Kier molecular flexibility index (Phi) is 4.52. The molecule has 0 amide bonds. The number of amidine groups is 1. The minimum Gasteiger partial charge on any atom is -0.409 e. The summed E-state index contributed by atoms with van der Waals surface area (Å²) in [6, 6.07) is 7.98. The van der Waals surface area contributed by atoms with Crippen LogP contribution in [0, 0.1) is 0 Å². The molecule has 0 aliphatic rings. The van der Waals surface area contributed by atoms with Crippen LogP contribution in [-0.4, -0.2) is 28.1 Å². The van der Waals surface area contributed by atoms with Crippen molar-refractivity contribution in [2.45, 2.75) is 6.54 Å². The lowest BCUT2D eigenvalue weighted by molar-refractivity contribution is 0.318. The number of rotatable bonds is 4. The molecule has 6 nitrogen and oxygen atoms in total. The Morgan fingerprint density at radius 3 is 2.60 bits per heavy atom. The zero-order chi connectivity index (χ0) is 14.5. The highest BCUT2D eigenvalue weighted by Gasteiger charge is 2.14. The van der Waals surface area contributed by atoms with Gasteiger partial charge in [0.15, 0.2) is 17.3 Å². The molecule has 0 bridgehead atoms. The summed E-state index contributed by atoms with van der Waals surface area (Å²) in [4.78, 5) is 10.2. The van der Waals surface area contributed by atoms with Crippen molar-refractivity contribution < 1.29 is 5.21 Å². The van der Waals surface area contributed by atoms with Crippen molar-refractivity contribution in [3.05, 3.63) is 52.4 Å². The average molecular weight is 336 g/mol. The Morgan fingerprint density at radius 2 is 1.95 bits per heavy atom. The fourth-order valence-electron chi connectivity index (χ4n) is 1.78. The first-order valence-corrected chi connectivity index (χ1v) is 6.65. The number of oxime groups is 1. The number of nitrogens with zero attached hydrogens (tertiary/aromatic N) is 4. The molecule has 3 N–H and O–H groups in total. The summed E-state index contributed by atoms with van der Waals surface area (Å²) in [5, 5.41) is 11.8. The Balaban J connectivity index is 2.25. The standard InChI is InChI=1S/C13H14BrN5O/c1-19(8-9-2-4-10(14)5-3-9)13-11(12(15)18-20)16-6-7-17-13/h2-7,20H,8H2,1H3,(H2,15,18). The molecule has 20 heavy (non-hydrogen) atoms. The summed E-state index contributed by atoms with van der Waals surface area (Å²) in [5.74, 6) is 0.501. The third-order valence-electron chi connectivity index (χ3n) is 2.72. The highest BCUT2D eigenvalue weighted by atomic mass is 79.9. The maximum atomic E-state index is 8.79. The van der Waals surface area contributed by atoms with Gasteiger partial charge < -0.3 is 15.8 Å². The smallest absolute Gasteiger partial charge is 0.192 e. The van der Waals surface area contributed by atoms with Crippen LogP contribution in [0.25, 0.3) is 0 Å². The first-order chi connectivity index (χ1) is 9.61. The van der Waals surface area contributed by atoms with E-state index >= 15 is 0 Å². The number of nitrogens with two attached hydrogens (primary N) is 1. The van der Waals surface area contributed by atoms with Gasteiger partial charge >= 0.3 is 0 Å². The molecule has 0 atom stereocenters. The van der Waals surface area contributed by atoms with Crippen LogP contribution >= 0.6 is 15.9 Å². The van der Waals surface area contributed by atoms with Gasteiger partial charge in [-0.05, 0) is 17.7 Å². The molecule has 7 heteroatoms. The predicted molar refractivity (Wildman–Crippen MR) is 80.8 cm³/mol. The van der Waals surface area contributed by atoms with E-state index in [2.05, 4.69) is 31.1 Å². The van der Waals surface area contributed by atoms with Gasteiger partial charge in [0.25, 0.3) is 0 Å². The zero-order valence-corrected chi connectivity index (χ0v) is 12.4. The van der Waals surface area contributed by atoms with E-state index in [4.69, 9.17) is 10.9 Å². The normalized spacial score (nSPS) is 11.4. The van der Waals surface area contributed by atoms with Crippen LogP contribution in [0.3, 0.4) is 0 Å². The number of benzene rings is 1. The number of aromatic nitrogens is 2. The van der Waals surface area contributed by atoms with Crippen molar-refractivity contribution in [1.29, 1.82) is 0 Å². The van der Waals surface area contributed by atoms with Crippen LogP contribution in [-0.2, 0) is 6.54 Å². The van der Waals surface area contributed by atoms with Crippen molar-refractivity contribution in [3.8, 4) is 0 Å². The van der Waals surface area contributed by atoms with Crippen LogP contribution < -0.4 is 10.6 Å². The first kappa shape index (κ1) is 14.3. The molecule has 2 aromatic rings. The third-order valence-corrected chi connectivity index (χ3v) is 3.25. The van der Waals surface area contributed by atoms with Gasteiger partial charge in [-0.1, -0.05) is 33.2 Å². The van der Waals surface area contributed by atoms with Crippen molar-refractivity contribution >= 4 is 27.6 Å². The molecule has 1 aromatic heterocycles. The Morgan fingerprint density at radius 1 is 1.30 bits per heavy atom. The number of halogens is 1. The van der Waals surface area contributed by atoms with Gasteiger partial charge in [0.05, 0.1) is 0 Å². The second kappa shape index (κ2) is 6.33. The molecule has 0 unspecified atom stereocenters. The van der Waals surface area contributed by atoms with Crippen molar-refractivity contribution in [2.24, 2.45) is 10.9 Å². The van der Waals surface area contributed by atoms with Crippen LogP contribution in [0.5, 0.6) is 0 Å². The van der Waals surface area contributed by atoms with Crippen LogP contribution in [0.15, 0.2) is 46.3 Å². The fourth-order valence-corrected chi connectivity index (χ4v) is 2.04. The molecular formula is C13H14BrN5O. The Labute approximate surface area is 125 Å². The number of hydrogen-bond acceptors (Lipinski definition) is 5. The van der Waals surface area contributed by atoms with Gasteiger partial charge in [-0.25, -0.2) is 9.97 Å². The molecule has 0 aliphatic heterocycles. The monoisotopic (exact) mass is 335 g/mol. The molecule has 1 aromatic carbocycles. The molecular weight excluding hydrogens is 322 g/mol. The SMILES string of the molecule is CN(Cc1ccc(Br)cc1)c1nccnc1C(N)=NO. The molecule has 0 saturated carbocycles. The van der Waals surface area contributed by atoms with E-state index in [1.807, 2.05) is 36.2 Å². The van der Waals surface area contributed by atoms with Gasteiger partial charge in [0.1, 0.15) is 0 Å². The molecule has 104 valence electrons. The molecule has 0 spiro atoms. The fraction of sp³-hybridized carbons (Fsp3) is 0.154. The lowest BCUT2D eigenvalue weighted by Crippen LogP contribution is -2.24. The van der Waals surface area contributed by atoms with E-state index in [-0.39, 0.29) is 5.84 Å². The van der Waals surface area contributed by atoms with E-state index in [0.717, 1.165) is 10.0 Å². The van der Waals surface area contributed by atoms with Crippen LogP contribution in [0.1, 0.15) is 11.3 Å². The first-order valence-electron chi connectivity index (χ1n) is 5.86. The van der Waals surface area contributed by atoms with E-state index in [9.17, 15) is 0 Å².